The van der Waals surface area contributed by atoms with Crippen molar-refractivity contribution in [2.75, 3.05) is 13.7 Å². The average Bonchev–Trinajstić information content (AvgIpc) is 2.28. The molecule has 1 aromatic carbocycles. The van der Waals surface area contributed by atoms with Crippen molar-refractivity contribution in [2.45, 2.75) is 26.7 Å². The largest absolute Gasteiger partial charge is 0.493 e. The molecule has 0 aliphatic heterocycles. The number of carbonyl (C=O) groups is 1. The first-order chi connectivity index (χ1) is 7.61. The third kappa shape index (κ3) is 2.54. The van der Waals surface area contributed by atoms with Crippen molar-refractivity contribution in [1.82, 2.24) is 0 Å². The van der Waals surface area contributed by atoms with Crippen molar-refractivity contribution < 1.29 is 14.3 Å². The Hall–Kier alpha value is -1.51. The first-order valence-corrected chi connectivity index (χ1v) is 5.45. The van der Waals surface area contributed by atoms with E-state index in [9.17, 15) is 4.79 Å². The number of esters is 1. The topological polar surface area (TPSA) is 35.5 Å². The van der Waals surface area contributed by atoms with Gasteiger partial charge in [0, 0.05) is 0 Å². The lowest BCUT2D eigenvalue weighted by Crippen LogP contribution is -2.08. The maximum atomic E-state index is 11.6. The molecule has 16 heavy (non-hydrogen) atoms. The first kappa shape index (κ1) is 12.6. The summed E-state index contributed by atoms with van der Waals surface area (Å²) in [4.78, 5) is 11.6. The van der Waals surface area contributed by atoms with Crippen LogP contribution in [0.4, 0.5) is 0 Å². The molecule has 0 bridgehead atoms. The summed E-state index contributed by atoms with van der Waals surface area (Å²) in [6.07, 6.45) is 0. The molecule has 0 unspecified atom stereocenters. The van der Waals surface area contributed by atoms with Gasteiger partial charge in [0.25, 0.3) is 0 Å². The molecule has 0 aliphatic rings. The standard InChI is InChI=1S/C13H18O3/c1-5-16-12-10(9(2)3)7-6-8-11(12)13(14)15-4/h6-9H,5H2,1-4H3. The molecule has 3 heteroatoms. The lowest BCUT2D eigenvalue weighted by Gasteiger charge is -2.15. The van der Waals surface area contributed by atoms with Crippen molar-refractivity contribution in [3.05, 3.63) is 29.3 Å². The van der Waals surface area contributed by atoms with E-state index in [0.29, 0.717) is 23.8 Å². The predicted octanol–water partition coefficient (Wildman–Crippen LogP) is 3.00. The van der Waals surface area contributed by atoms with Crippen LogP contribution in [0.2, 0.25) is 0 Å². The van der Waals surface area contributed by atoms with Crippen LogP contribution in [0, 0.1) is 0 Å². The van der Waals surface area contributed by atoms with E-state index >= 15 is 0 Å². The third-order valence-electron chi connectivity index (χ3n) is 2.36. The molecule has 0 fully saturated rings. The minimum absolute atomic E-state index is 0.311. The molecule has 0 heterocycles. The summed E-state index contributed by atoms with van der Waals surface area (Å²) in [5, 5.41) is 0. The smallest absolute Gasteiger partial charge is 0.341 e. The number of rotatable bonds is 4. The van der Waals surface area contributed by atoms with Crippen LogP contribution in [0.15, 0.2) is 18.2 Å². The molecule has 0 aliphatic carbocycles. The molecule has 1 aromatic rings. The molecule has 0 saturated heterocycles. The molecule has 0 spiro atoms. The summed E-state index contributed by atoms with van der Waals surface area (Å²) in [5.41, 5.74) is 1.53. The van der Waals surface area contributed by atoms with E-state index in [0.717, 1.165) is 5.56 Å². The number of para-hydroxylation sites is 1. The summed E-state index contributed by atoms with van der Waals surface area (Å²) in [7, 11) is 1.38. The second kappa shape index (κ2) is 5.54. The van der Waals surface area contributed by atoms with E-state index in [1.807, 2.05) is 19.1 Å². The van der Waals surface area contributed by atoms with Crippen LogP contribution in [0.5, 0.6) is 5.75 Å². The number of methoxy groups -OCH3 is 1. The molecular weight excluding hydrogens is 204 g/mol. The Labute approximate surface area is 96.4 Å². The first-order valence-electron chi connectivity index (χ1n) is 5.45. The number of benzene rings is 1. The van der Waals surface area contributed by atoms with E-state index < -0.39 is 0 Å². The molecule has 0 amide bonds. The van der Waals surface area contributed by atoms with Crippen LogP contribution in [0.25, 0.3) is 0 Å². The van der Waals surface area contributed by atoms with Gasteiger partial charge in [-0.05, 0) is 24.5 Å². The molecular formula is C13H18O3. The maximum Gasteiger partial charge on any atom is 0.341 e. The van der Waals surface area contributed by atoms with Gasteiger partial charge in [-0.3, -0.25) is 0 Å². The van der Waals surface area contributed by atoms with Gasteiger partial charge in [-0.1, -0.05) is 26.0 Å². The van der Waals surface area contributed by atoms with E-state index in [-0.39, 0.29) is 5.97 Å². The Balaban J connectivity index is 3.26. The minimum Gasteiger partial charge on any atom is -0.493 e. The van der Waals surface area contributed by atoms with E-state index in [4.69, 9.17) is 9.47 Å². The zero-order valence-corrected chi connectivity index (χ0v) is 10.2. The molecule has 0 N–H and O–H groups in total. The van der Waals surface area contributed by atoms with Crippen LogP contribution in [-0.4, -0.2) is 19.7 Å². The summed E-state index contributed by atoms with van der Waals surface area (Å²) in [6, 6.07) is 5.55. The number of ether oxygens (including phenoxy) is 2. The van der Waals surface area contributed by atoms with Crippen LogP contribution in [0.3, 0.4) is 0 Å². The molecule has 1 rings (SSSR count). The fourth-order valence-electron chi connectivity index (χ4n) is 1.59. The van der Waals surface area contributed by atoms with Crippen LogP contribution < -0.4 is 4.74 Å². The number of carbonyl (C=O) groups excluding carboxylic acids is 1. The van der Waals surface area contributed by atoms with Gasteiger partial charge >= 0.3 is 5.97 Å². The quantitative estimate of drug-likeness (QED) is 0.735. The lowest BCUT2D eigenvalue weighted by molar-refractivity contribution is 0.0596. The van der Waals surface area contributed by atoms with Gasteiger partial charge in [0.05, 0.1) is 13.7 Å². The summed E-state index contributed by atoms with van der Waals surface area (Å²) < 4.78 is 10.3. The van der Waals surface area contributed by atoms with Crippen molar-refractivity contribution in [1.29, 1.82) is 0 Å². The van der Waals surface area contributed by atoms with Gasteiger partial charge in [-0.15, -0.1) is 0 Å². The molecule has 88 valence electrons. The highest BCUT2D eigenvalue weighted by molar-refractivity contribution is 5.93. The highest BCUT2D eigenvalue weighted by Gasteiger charge is 2.17. The minimum atomic E-state index is -0.356. The van der Waals surface area contributed by atoms with Gasteiger partial charge in [-0.25, -0.2) is 4.79 Å². The van der Waals surface area contributed by atoms with Gasteiger partial charge in [-0.2, -0.15) is 0 Å². The van der Waals surface area contributed by atoms with Gasteiger partial charge in [0.2, 0.25) is 0 Å². The third-order valence-corrected chi connectivity index (χ3v) is 2.36. The molecule has 0 radical (unpaired) electrons. The van der Waals surface area contributed by atoms with Gasteiger partial charge in [0.1, 0.15) is 11.3 Å². The number of hydrogen-bond donors (Lipinski definition) is 0. The highest BCUT2D eigenvalue weighted by atomic mass is 16.5. The van der Waals surface area contributed by atoms with Gasteiger partial charge in [0.15, 0.2) is 0 Å². The average molecular weight is 222 g/mol. The van der Waals surface area contributed by atoms with E-state index in [1.54, 1.807) is 6.07 Å². The van der Waals surface area contributed by atoms with E-state index in [2.05, 4.69) is 13.8 Å². The fraction of sp³-hybridized carbons (Fsp3) is 0.462. The van der Waals surface area contributed by atoms with Crippen molar-refractivity contribution in [3.8, 4) is 5.75 Å². The Kier molecular flexibility index (Phi) is 4.35. The van der Waals surface area contributed by atoms with Crippen molar-refractivity contribution in [3.63, 3.8) is 0 Å². The highest BCUT2D eigenvalue weighted by Crippen LogP contribution is 2.30. The summed E-state index contributed by atoms with van der Waals surface area (Å²) >= 11 is 0. The molecule has 0 atom stereocenters. The summed E-state index contributed by atoms with van der Waals surface area (Å²) in [6.45, 7) is 6.57. The molecule has 3 nitrogen and oxygen atoms in total. The summed E-state index contributed by atoms with van der Waals surface area (Å²) in [5.74, 6) is 0.601. The molecule has 0 saturated carbocycles. The van der Waals surface area contributed by atoms with Crippen molar-refractivity contribution >= 4 is 5.97 Å². The van der Waals surface area contributed by atoms with Crippen LogP contribution in [-0.2, 0) is 4.74 Å². The lowest BCUT2D eigenvalue weighted by atomic mass is 9.99. The Morgan fingerprint density at radius 3 is 2.56 bits per heavy atom. The molecule has 0 aromatic heterocycles. The second-order valence-electron chi connectivity index (χ2n) is 3.80. The Bertz CT molecular complexity index is 369. The van der Waals surface area contributed by atoms with E-state index in [1.165, 1.54) is 7.11 Å². The van der Waals surface area contributed by atoms with Crippen LogP contribution >= 0.6 is 0 Å². The van der Waals surface area contributed by atoms with Crippen molar-refractivity contribution in [2.24, 2.45) is 0 Å². The monoisotopic (exact) mass is 222 g/mol. The zero-order chi connectivity index (χ0) is 12.1. The SMILES string of the molecule is CCOc1c(C(=O)OC)cccc1C(C)C. The zero-order valence-electron chi connectivity index (χ0n) is 10.2. The Morgan fingerprint density at radius 2 is 2.06 bits per heavy atom. The Morgan fingerprint density at radius 1 is 1.38 bits per heavy atom. The normalized spacial score (nSPS) is 10.3. The fourth-order valence-corrected chi connectivity index (χ4v) is 1.59. The van der Waals surface area contributed by atoms with Gasteiger partial charge < -0.3 is 9.47 Å². The van der Waals surface area contributed by atoms with Crippen LogP contribution in [0.1, 0.15) is 42.6 Å². The number of hydrogen-bond acceptors (Lipinski definition) is 3. The predicted molar refractivity (Wildman–Crippen MR) is 63.0 cm³/mol. The maximum absolute atomic E-state index is 11.6. The second-order valence-corrected chi connectivity index (χ2v) is 3.80.